The predicted octanol–water partition coefficient (Wildman–Crippen LogP) is 4.08. The van der Waals surface area contributed by atoms with Gasteiger partial charge in [-0.1, -0.05) is 32.6 Å². The molecule has 0 saturated carbocycles. The summed E-state index contributed by atoms with van der Waals surface area (Å²) in [5.41, 5.74) is 0.654. The second kappa shape index (κ2) is 9.16. The van der Waals surface area contributed by atoms with Crippen LogP contribution in [0, 0.1) is 0 Å². The molecule has 1 aromatic rings. The molecule has 0 aromatic heterocycles. The first kappa shape index (κ1) is 17.2. The molecule has 1 N–H and O–H groups in total. The topological polar surface area (TPSA) is 63.6 Å². The Labute approximate surface area is 126 Å². The van der Waals surface area contributed by atoms with Crippen molar-refractivity contribution in [3.63, 3.8) is 0 Å². The SMILES string of the molecule is CCCCCCCC(=O)c1ccc(O[C@H](C)C(=O)O)cc1. The smallest absolute Gasteiger partial charge is 0.344 e. The summed E-state index contributed by atoms with van der Waals surface area (Å²) in [7, 11) is 0. The highest BCUT2D eigenvalue weighted by molar-refractivity contribution is 5.96. The molecule has 4 nitrogen and oxygen atoms in total. The van der Waals surface area contributed by atoms with E-state index in [-0.39, 0.29) is 5.78 Å². The van der Waals surface area contributed by atoms with Crippen LogP contribution >= 0.6 is 0 Å². The average molecular weight is 292 g/mol. The van der Waals surface area contributed by atoms with Crippen molar-refractivity contribution < 1.29 is 19.4 Å². The molecule has 0 aliphatic rings. The van der Waals surface area contributed by atoms with Crippen molar-refractivity contribution in [1.29, 1.82) is 0 Å². The number of carbonyl (C=O) groups is 2. The van der Waals surface area contributed by atoms with Gasteiger partial charge in [-0.25, -0.2) is 4.79 Å². The minimum atomic E-state index is -1.01. The molecule has 0 radical (unpaired) electrons. The van der Waals surface area contributed by atoms with Crippen LogP contribution in [-0.4, -0.2) is 23.0 Å². The second-order valence-corrected chi connectivity index (χ2v) is 5.21. The van der Waals surface area contributed by atoms with Crippen molar-refractivity contribution in [2.45, 2.75) is 58.5 Å². The van der Waals surface area contributed by atoms with E-state index >= 15 is 0 Å². The van der Waals surface area contributed by atoms with Crippen LogP contribution in [0.2, 0.25) is 0 Å². The number of ether oxygens (including phenoxy) is 1. The minimum absolute atomic E-state index is 0.129. The number of unbranched alkanes of at least 4 members (excludes halogenated alkanes) is 4. The minimum Gasteiger partial charge on any atom is -0.479 e. The third-order valence-electron chi connectivity index (χ3n) is 3.34. The lowest BCUT2D eigenvalue weighted by molar-refractivity contribution is -0.144. The van der Waals surface area contributed by atoms with E-state index in [0.29, 0.717) is 17.7 Å². The molecule has 21 heavy (non-hydrogen) atoms. The summed E-state index contributed by atoms with van der Waals surface area (Å²) in [6.07, 6.45) is 5.29. The van der Waals surface area contributed by atoms with Crippen molar-refractivity contribution >= 4 is 11.8 Å². The third-order valence-corrected chi connectivity index (χ3v) is 3.34. The van der Waals surface area contributed by atoms with Gasteiger partial charge in [-0.15, -0.1) is 0 Å². The maximum atomic E-state index is 12.0. The van der Waals surface area contributed by atoms with Crippen LogP contribution in [0.15, 0.2) is 24.3 Å². The van der Waals surface area contributed by atoms with Crippen LogP contribution in [0.25, 0.3) is 0 Å². The summed E-state index contributed by atoms with van der Waals surface area (Å²) in [6, 6.07) is 6.67. The van der Waals surface area contributed by atoms with Crippen LogP contribution in [-0.2, 0) is 4.79 Å². The Morgan fingerprint density at radius 1 is 1.10 bits per heavy atom. The molecule has 116 valence electrons. The molecule has 0 aliphatic carbocycles. The first-order valence-corrected chi connectivity index (χ1v) is 7.57. The molecular formula is C17H24O4. The lowest BCUT2D eigenvalue weighted by Crippen LogP contribution is -2.22. The maximum Gasteiger partial charge on any atom is 0.344 e. The molecule has 0 amide bonds. The van der Waals surface area contributed by atoms with E-state index in [1.165, 1.54) is 26.2 Å². The first-order chi connectivity index (χ1) is 10.0. The van der Waals surface area contributed by atoms with E-state index in [1.54, 1.807) is 24.3 Å². The van der Waals surface area contributed by atoms with Gasteiger partial charge in [-0.2, -0.15) is 0 Å². The summed E-state index contributed by atoms with van der Waals surface area (Å²) in [5.74, 6) is -0.420. The van der Waals surface area contributed by atoms with Crippen molar-refractivity contribution in [3.8, 4) is 5.75 Å². The van der Waals surface area contributed by atoms with Gasteiger partial charge in [0.25, 0.3) is 0 Å². The molecule has 0 saturated heterocycles. The zero-order chi connectivity index (χ0) is 15.7. The fraction of sp³-hybridized carbons (Fsp3) is 0.529. The number of carbonyl (C=O) groups excluding carboxylic acids is 1. The van der Waals surface area contributed by atoms with Crippen molar-refractivity contribution in [2.75, 3.05) is 0 Å². The van der Waals surface area contributed by atoms with Gasteiger partial charge in [-0.3, -0.25) is 4.79 Å². The first-order valence-electron chi connectivity index (χ1n) is 7.57. The Bertz CT molecular complexity index is 450. The number of hydrogen-bond acceptors (Lipinski definition) is 3. The summed E-state index contributed by atoms with van der Waals surface area (Å²) < 4.78 is 5.23. The second-order valence-electron chi connectivity index (χ2n) is 5.21. The third kappa shape index (κ3) is 6.43. The quantitative estimate of drug-likeness (QED) is 0.521. The van der Waals surface area contributed by atoms with Gasteiger partial charge < -0.3 is 9.84 Å². The highest BCUT2D eigenvalue weighted by atomic mass is 16.5. The Hall–Kier alpha value is -1.84. The summed E-state index contributed by atoms with van der Waals surface area (Å²) in [5, 5.41) is 8.77. The monoisotopic (exact) mass is 292 g/mol. The van der Waals surface area contributed by atoms with Crippen LogP contribution < -0.4 is 4.74 Å². The number of benzene rings is 1. The molecule has 0 spiro atoms. The lowest BCUT2D eigenvalue weighted by atomic mass is 10.0. The predicted molar refractivity (Wildman–Crippen MR) is 81.9 cm³/mol. The largest absolute Gasteiger partial charge is 0.479 e. The van der Waals surface area contributed by atoms with Gasteiger partial charge in [0.15, 0.2) is 11.9 Å². The molecule has 0 heterocycles. The number of aliphatic carboxylic acids is 1. The molecule has 0 fully saturated rings. The summed E-state index contributed by atoms with van der Waals surface area (Å²) >= 11 is 0. The fourth-order valence-corrected chi connectivity index (χ4v) is 2.01. The summed E-state index contributed by atoms with van der Waals surface area (Å²) in [6.45, 7) is 3.64. The highest BCUT2D eigenvalue weighted by Gasteiger charge is 2.12. The van der Waals surface area contributed by atoms with Crippen LogP contribution in [0.1, 0.15) is 62.7 Å². The highest BCUT2D eigenvalue weighted by Crippen LogP contribution is 2.16. The number of Topliss-reactive ketones (excluding diaryl/α,β-unsaturated/α-hetero) is 1. The van der Waals surface area contributed by atoms with Gasteiger partial charge in [0.1, 0.15) is 5.75 Å². The van der Waals surface area contributed by atoms with Crippen molar-refractivity contribution in [2.24, 2.45) is 0 Å². The zero-order valence-corrected chi connectivity index (χ0v) is 12.8. The lowest BCUT2D eigenvalue weighted by Gasteiger charge is -2.10. The van der Waals surface area contributed by atoms with Crippen LogP contribution in [0.3, 0.4) is 0 Å². The number of carboxylic acids is 1. The Kier molecular flexibility index (Phi) is 7.51. The van der Waals surface area contributed by atoms with E-state index in [0.717, 1.165) is 12.8 Å². The number of carboxylic acid groups (broad SMARTS) is 1. The normalized spacial score (nSPS) is 11.9. The maximum absolute atomic E-state index is 12.0. The molecule has 4 heteroatoms. The van der Waals surface area contributed by atoms with Crippen LogP contribution in [0.5, 0.6) is 5.75 Å². The van der Waals surface area contributed by atoms with E-state index < -0.39 is 12.1 Å². The molecule has 0 unspecified atom stereocenters. The molecule has 0 aliphatic heterocycles. The number of hydrogen-bond donors (Lipinski definition) is 1. The molecule has 1 atom stereocenters. The van der Waals surface area contributed by atoms with E-state index in [2.05, 4.69) is 6.92 Å². The van der Waals surface area contributed by atoms with Crippen LogP contribution in [0.4, 0.5) is 0 Å². The molecule has 0 bridgehead atoms. The van der Waals surface area contributed by atoms with E-state index in [9.17, 15) is 9.59 Å². The summed E-state index contributed by atoms with van der Waals surface area (Å²) in [4.78, 5) is 22.7. The number of rotatable bonds is 10. The van der Waals surface area contributed by atoms with Gasteiger partial charge in [0.2, 0.25) is 0 Å². The van der Waals surface area contributed by atoms with Gasteiger partial charge >= 0.3 is 5.97 Å². The molecule has 1 rings (SSSR count). The number of ketones is 1. The average Bonchev–Trinajstić information content (AvgIpc) is 2.47. The molecule has 1 aromatic carbocycles. The van der Waals surface area contributed by atoms with Gasteiger partial charge in [-0.05, 0) is 37.6 Å². The van der Waals surface area contributed by atoms with Crippen molar-refractivity contribution in [3.05, 3.63) is 29.8 Å². The van der Waals surface area contributed by atoms with E-state index in [1.807, 2.05) is 0 Å². The fourth-order valence-electron chi connectivity index (χ4n) is 2.01. The molecular weight excluding hydrogens is 268 g/mol. The van der Waals surface area contributed by atoms with Gasteiger partial charge in [0.05, 0.1) is 0 Å². The van der Waals surface area contributed by atoms with Gasteiger partial charge in [0, 0.05) is 12.0 Å². The Morgan fingerprint density at radius 2 is 1.71 bits per heavy atom. The standard InChI is InChI=1S/C17H24O4/c1-3-4-5-6-7-8-16(18)14-9-11-15(12-10-14)21-13(2)17(19)20/h9-13H,3-8H2,1-2H3,(H,19,20)/t13-/m1/s1. The Balaban J connectivity index is 2.42. The van der Waals surface area contributed by atoms with E-state index in [4.69, 9.17) is 9.84 Å². The van der Waals surface area contributed by atoms with Crippen molar-refractivity contribution in [1.82, 2.24) is 0 Å². The Morgan fingerprint density at radius 3 is 2.29 bits per heavy atom. The zero-order valence-electron chi connectivity index (χ0n) is 12.8.